The maximum atomic E-state index is 12.3. The van der Waals surface area contributed by atoms with Crippen molar-refractivity contribution in [3.8, 4) is 0 Å². The second-order valence-corrected chi connectivity index (χ2v) is 7.52. The van der Waals surface area contributed by atoms with Crippen molar-refractivity contribution in [2.75, 3.05) is 20.7 Å². The van der Waals surface area contributed by atoms with Gasteiger partial charge in [-0.1, -0.05) is 17.7 Å². The molecule has 1 aromatic carbocycles. The van der Waals surface area contributed by atoms with E-state index in [1.54, 1.807) is 19.2 Å². The van der Waals surface area contributed by atoms with Crippen LogP contribution < -0.4 is 10.0 Å². The number of benzene rings is 1. The molecule has 0 unspecified atom stereocenters. The van der Waals surface area contributed by atoms with Gasteiger partial charge in [-0.2, -0.15) is 0 Å². The van der Waals surface area contributed by atoms with Gasteiger partial charge in [0.1, 0.15) is 0 Å². The number of halogens is 1. The van der Waals surface area contributed by atoms with Gasteiger partial charge in [0.15, 0.2) is 0 Å². The molecule has 5 nitrogen and oxygen atoms in total. The van der Waals surface area contributed by atoms with Crippen molar-refractivity contribution >= 4 is 21.6 Å². The Kier molecular flexibility index (Phi) is 5.27. The maximum Gasteiger partial charge on any atom is 0.240 e. The number of ether oxygens (including phenoxy) is 1. The highest BCUT2D eigenvalue weighted by molar-refractivity contribution is 7.89. The Labute approximate surface area is 131 Å². The zero-order chi connectivity index (χ0) is 15.5. The third kappa shape index (κ3) is 3.76. The minimum atomic E-state index is -3.57. The van der Waals surface area contributed by atoms with Crippen LogP contribution in [-0.2, 0) is 21.3 Å². The zero-order valence-electron chi connectivity index (χ0n) is 12.3. The highest BCUT2D eigenvalue weighted by Gasteiger charge is 2.38. The number of hydrogen-bond acceptors (Lipinski definition) is 4. The maximum absolute atomic E-state index is 12.3. The molecule has 0 aliphatic heterocycles. The van der Waals surface area contributed by atoms with Crippen LogP contribution in [0.3, 0.4) is 0 Å². The van der Waals surface area contributed by atoms with Gasteiger partial charge in [-0.3, -0.25) is 0 Å². The average molecular weight is 333 g/mol. The first-order valence-electron chi connectivity index (χ1n) is 6.90. The van der Waals surface area contributed by atoms with Gasteiger partial charge in [0.05, 0.1) is 10.5 Å². The van der Waals surface area contributed by atoms with Crippen LogP contribution >= 0.6 is 11.6 Å². The molecule has 21 heavy (non-hydrogen) atoms. The molecule has 1 aliphatic rings. The number of sulfonamides is 1. The summed E-state index contributed by atoms with van der Waals surface area (Å²) in [6.45, 7) is 0.890. The molecular formula is C14H21ClN2O3S. The van der Waals surface area contributed by atoms with Crippen LogP contribution in [0, 0.1) is 0 Å². The number of nitrogens with one attached hydrogen (secondary N) is 2. The van der Waals surface area contributed by atoms with Crippen LogP contribution in [-0.4, -0.2) is 34.7 Å². The molecule has 2 rings (SSSR count). The first-order valence-corrected chi connectivity index (χ1v) is 8.76. The van der Waals surface area contributed by atoms with Gasteiger partial charge in [0.25, 0.3) is 0 Å². The van der Waals surface area contributed by atoms with Gasteiger partial charge in [-0.25, -0.2) is 13.1 Å². The monoisotopic (exact) mass is 332 g/mol. The summed E-state index contributed by atoms with van der Waals surface area (Å²) in [6, 6.07) is 4.78. The molecule has 2 N–H and O–H groups in total. The molecule has 118 valence electrons. The molecule has 0 bridgehead atoms. The molecule has 0 amide bonds. The Morgan fingerprint density at radius 3 is 2.57 bits per heavy atom. The van der Waals surface area contributed by atoms with E-state index >= 15 is 0 Å². The quantitative estimate of drug-likeness (QED) is 0.800. The van der Waals surface area contributed by atoms with Gasteiger partial charge in [0, 0.05) is 25.2 Å². The molecule has 0 atom stereocenters. The van der Waals surface area contributed by atoms with Crippen molar-refractivity contribution < 1.29 is 13.2 Å². The molecule has 1 saturated carbocycles. The zero-order valence-corrected chi connectivity index (χ0v) is 13.9. The van der Waals surface area contributed by atoms with Crippen LogP contribution in [0.1, 0.15) is 24.8 Å². The summed E-state index contributed by atoms with van der Waals surface area (Å²) in [5.41, 5.74) is 0.522. The van der Waals surface area contributed by atoms with Crippen molar-refractivity contribution in [1.82, 2.24) is 10.0 Å². The minimum absolute atomic E-state index is 0.179. The van der Waals surface area contributed by atoms with Crippen LogP contribution in [0.25, 0.3) is 0 Å². The van der Waals surface area contributed by atoms with Crippen LogP contribution in [0.5, 0.6) is 0 Å². The SMILES string of the molecule is CNCc1ccc(S(=O)(=O)NCC2(OC)CCC2)cc1Cl. The van der Waals surface area contributed by atoms with Gasteiger partial charge >= 0.3 is 0 Å². The van der Waals surface area contributed by atoms with E-state index in [0.29, 0.717) is 18.1 Å². The summed E-state index contributed by atoms with van der Waals surface area (Å²) in [7, 11) is -0.136. The van der Waals surface area contributed by atoms with E-state index in [-0.39, 0.29) is 10.5 Å². The molecule has 0 saturated heterocycles. The summed E-state index contributed by atoms with van der Waals surface area (Å²) in [6.07, 6.45) is 2.84. The number of hydrogen-bond donors (Lipinski definition) is 2. The fourth-order valence-electron chi connectivity index (χ4n) is 2.36. The largest absolute Gasteiger partial charge is 0.377 e. The summed E-state index contributed by atoms with van der Waals surface area (Å²) >= 11 is 6.11. The third-order valence-electron chi connectivity index (χ3n) is 3.98. The number of methoxy groups -OCH3 is 1. The fourth-order valence-corrected chi connectivity index (χ4v) is 3.82. The molecule has 0 radical (unpaired) electrons. The van der Waals surface area contributed by atoms with E-state index in [0.717, 1.165) is 24.8 Å². The highest BCUT2D eigenvalue weighted by Crippen LogP contribution is 2.34. The molecule has 0 spiro atoms. The van der Waals surface area contributed by atoms with E-state index in [4.69, 9.17) is 16.3 Å². The normalized spacial score (nSPS) is 17.5. The van der Waals surface area contributed by atoms with Gasteiger partial charge in [0.2, 0.25) is 10.0 Å². The molecule has 7 heteroatoms. The van der Waals surface area contributed by atoms with Crippen molar-refractivity contribution in [1.29, 1.82) is 0 Å². The van der Waals surface area contributed by atoms with E-state index in [1.165, 1.54) is 6.07 Å². The first kappa shape index (κ1) is 16.7. The van der Waals surface area contributed by atoms with Gasteiger partial charge in [-0.15, -0.1) is 0 Å². The van der Waals surface area contributed by atoms with E-state index < -0.39 is 10.0 Å². The Bertz CT molecular complexity index is 595. The van der Waals surface area contributed by atoms with E-state index in [9.17, 15) is 8.42 Å². The lowest BCUT2D eigenvalue weighted by Gasteiger charge is -2.40. The summed E-state index contributed by atoms with van der Waals surface area (Å²) in [5.74, 6) is 0. The Balaban J connectivity index is 2.10. The smallest absolute Gasteiger partial charge is 0.240 e. The topological polar surface area (TPSA) is 67.4 Å². The van der Waals surface area contributed by atoms with Crippen molar-refractivity contribution in [3.63, 3.8) is 0 Å². The molecule has 0 aromatic heterocycles. The van der Waals surface area contributed by atoms with Crippen molar-refractivity contribution in [3.05, 3.63) is 28.8 Å². The van der Waals surface area contributed by atoms with Gasteiger partial charge < -0.3 is 10.1 Å². The lowest BCUT2D eigenvalue weighted by Crippen LogP contribution is -2.49. The predicted octanol–water partition coefficient (Wildman–Crippen LogP) is 1.91. The predicted molar refractivity (Wildman–Crippen MR) is 83.0 cm³/mol. The van der Waals surface area contributed by atoms with E-state index in [2.05, 4.69) is 10.0 Å². The van der Waals surface area contributed by atoms with E-state index in [1.807, 2.05) is 7.05 Å². The second-order valence-electron chi connectivity index (χ2n) is 5.35. The molecule has 1 fully saturated rings. The highest BCUT2D eigenvalue weighted by atomic mass is 35.5. The minimum Gasteiger partial charge on any atom is -0.377 e. The van der Waals surface area contributed by atoms with Gasteiger partial charge in [-0.05, 0) is 44.0 Å². The average Bonchev–Trinajstić information content (AvgIpc) is 2.40. The second kappa shape index (κ2) is 6.62. The lowest BCUT2D eigenvalue weighted by molar-refractivity contribution is -0.0659. The number of rotatable bonds is 7. The van der Waals surface area contributed by atoms with Crippen molar-refractivity contribution in [2.24, 2.45) is 0 Å². The summed E-state index contributed by atoms with van der Waals surface area (Å²) < 4.78 is 32.7. The molecule has 1 aliphatic carbocycles. The lowest BCUT2D eigenvalue weighted by atomic mass is 9.80. The Morgan fingerprint density at radius 1 is 1.38 bits per heavy atom. The summed E-state index contributed by atoms with van der Waals surface area (Å²) in [4.78, 5) is 0.179. The Morgan fingerprint density at radius 2 is 2.10 bits per heavy atom. The summed E-state index contributed by atoms with van der Waals surface area (Å²) in [5, 5.41) is 3.43. The van der Waals surface area contributed by atoms with Crippen LogP contribution in [0.15, 0.2) is 23.1 Å². The standard InChI is InChI=1S/C14H21ClN2O3S/c1-16-9-11-4-5-12(8-13(11)15)21(18,19)17-10-14(20-2)6-3-7-14/h4-5,8,16-17H,3,6-7,9-10H2,1-2H3. The van der Waals surface area contributed by atoms with Crippen LogP contribution in [0.4, 0.5) is 0 Å². The molecule has 0 heterocycles. The Hall–Kier alpha value is -0.660. The van der Waals surface area contributed by atoms with Crippen LogP contribution in [0.2, 0.25) is 5.02 Å². The first-order chi connectivity index (χ1) is 9.92. The molecule has 1 aromatic rings. The third-order valence-corrected chi connectivity index (χ3v) is 5.73. The fraction of sp³-hybridized carbons (Fsp3) is 0.571. The van der Waals surface area contributed by atoms with Crippen molar-refractivity contribution in [2.45, 2.75) is 36.3 Å². The molecular weight excluding hydrogens is 312 g/mol.